The van der Waals surface area contributed by atoms with Crippen molar-refractivity contribution in [2.45, 2.75) is 6.92 Å². The summed E-state index contributed by atoms with van der Waals surface area (Å²) in [5.41, 5.74) is 1.58. The van der Waals surface area contributed by atoms with Crippen molar-refractivity contribution in [2.24, 2.45) is 0 Å². The largest absolute Gasteiger partial charge is 0.324 e. The fourth-order valence-corrected chi connectivity index (χ4v) is 1.57. The lowest BCUT2D eigenvalue weighted by atomic mass is 10.2. The lowest BCUT2D eigenvalue weighted by Crippen LogP contribution is -2.20. The van der Waals surface area contributed by atoms with Crippen LogP contribution in [0.5, 0.6) is 0 Å². The highest BCUT2D eigenvalue weighted by molar-refractivity contribution is 9.10. The van der Waals surface area contributed by atoms with Gasteiger partial charge in [-0.25, -0.2) is 9.78 Å². The Hall–Kier alpha value is -1.89. The van der Waals surface area contributed by atoms with Gasteiger partial charge in [0.05, 0.1) is 6.20 Å². The van der Waals surface area contributed by atoms with Gasteiger partial charge < -0.3 is 5.32 Å². The Bertz CT molecular complexity index is 525. The molecular formula is C10H10BrN5O. The number of rotatable bonds is 2. The maximum absolute atomic E-state index is 11.6. The van der Waals surface area contributed by atoms with E-state index >= 15 is 0 Å². The number of H-pyrrole nitrogens is 1. The molecule has 0 aliphatic carbocycles. The molecule has 0 bridgehead atoms. The minimum Gasteiger partial charge on any atom is -0.307 e. The third-order valence-corrected chi connectivity index (χ3v) is 2.50. The van der Waals surface area contributed by atoms with Crippen molar-refractivity contribution in [3.63, 3.8) is 0 Å². The van der Waals surface area contributed by atoms with Gasteiger partial charge in [-0.1, -0.05) is 0 Å². The lowest BCUT2D eigenvalue weighted by molar-refractivity contribution is 0.262. The van der Waals surface area contributed by atoms with E-state index in [4.69, 9.17) is 0 Å². The summed E-state index contributed by atoms with van der Waals surface area (Å²) in [4.78, 5) is 15.7. The number of carbonyl (C=O) groups is 1. The Kier molecular flexibility index (Phi) is 3.38. The summed E-state index contributed by atoms with van der Waals surface area (Å²) in [6, 6.07) is 3.06. The second-order valence-corrected chi connectivity index (χ2v) is 4.18. The first-order chi connectivity index (χ1) is 8.15. The Balaban J connectivity index is 2.05. The Morgan fingerprint density at radius 1 is 1.47 bits per heavy atom. The number of carbonyl (C=O) groups excluding carboxylic acids is 1. The first-order valence-corrected chi connectivity index (χ1v) is 5.64. The summed E-state index contributed by atoms with van der Waals surface area (Å²) >= 11 is 3.25. The molecule has 6 nitrogen and oxygen atoms in total. The molecule has 2 aromatic rings. The average molecular weight is 296 g/mol. The number of aromatic nitrogens is 3. The molecule has 2 rings (SSSR count). The van der Waals surface area contributed by atoms with E-state index in [2.05, 4.69) is 41.7 Å². The van der Waals surface area contributed by atoms with E-state index in [-0.39, 0.29) is 6.03 Å². The first-order valence-electron chi connectivity index (χ1n) is 4.84. The van der Waals surface area contributed by atoms with E-state index in [9.17, 15) is 4.79 Å². The van der Waals surface area contributed by atoms with Crippen molar-refractivity contribution in [1.29, 1.82) is 0 Å². The van der Waals surface area contributed by atoms with Crippen molar-refractivity contribution < 1.29 is 4.79 Å². The summed E-state index contributed by atoms with van der Waals surface area (Å²) in [7, 11) is 0. The van der Waals surface area contributed by atoms with Gasteiger partial charge in [-0.05, 0) is 34.5 Å². The Labute approximate surface area is 106 Å². The van der Waals surface area contributed by atoms with Crippen LogP contribution in [0.4, 0.5) is 16.3 Å². The van der Waals surface area contributed by atoms with Crippen molar-refractivity contribution in [1.82, 2.24) is 15.2 Å². The molecule has 0 unspecified atom stereocenters. The summed E-state index contributed by atoms with van der Waals surface area (Å²) < 4.78 is 0.667. The topological polar surface area (TPSA) is 82.7 Å². The van der Waals surface area contributed by atoms with Gasteiger partial charge in [0.25, 0.3) is 0 Å². The molecular weight excluding hydrogens is 286 g/mol. The minimum atomic E-state index is -0.338. The van der Waals surface area contributed by atoms with E-state index in [1.165, 1.54) is 0 Å². The lowest BCUT2D eigenvalue weighted by Gasteiger charge is -2.08. The van der Waals surface area contributed by atoms with Crippen molar-refractivity contribution in [3.8, 4) is 0 Å². The second kappa shape index (κ2) is 4.96. The molecule has 0 spiro atoms. The third kappa shape index (κ3) is 3.04. The molecule has 88 valence electrons. The zero-order valence-corrected chi connectivity index (χ0v) is 10.6. The van der Waals surface area contributed by atoms with Crippen LogP contribution in [0.3, 0.4) is 0 Å². The number of halogens is 1. The van der Waals surface area contributed by atoms with Crippen molar-refractivity contribution in [3.05, 3.63) is 34.7 Å². The van der Waals surface area contributed by atoms with Gasteiger partial charge in [0.1, 0.15) is 10.4 Å². The molecule has 0 atom stereocenters. The van der Waals surface area contributed by atoms with Crippen LogP contribution in [0.15, 0.2) is 29.1 Å². The minimum absolute atomic E-state index is 0.338. The maximum Gasteiger partial charge on any atom is 0.324 e. The van der Waals surface area contributed by atoms with Gasteiger partial charge in [-0.3, -0.25) is 10.4 Å². The molecule has 7 heteroatoms. The van der Waals surface area contributed by atoms with Crippen LogP contribution in [0.25, 0.3) is 0 Å². The van der Waals surface area contributed by atoms with Crippen molar-refractivity contribution in [2.75, 3.05) is 10.6 Å². The molecule has 3 N–H and O–H groups in total. The van der Waals surface area contributed by atoms with Crippen molar-refractivity contribution >= 4 is 33.5 Å². The van der Waals surface area contributed by atoms with Crippen LogP contribution in [-0.2, 0) is 0 Å². The number of nitrogens with zero attached hydrogens (tertiary/aromatic N) is 2. The quantitative estimate of drug-likeness (QED) is 0.745. The Morgan fingerprint density at radius 3 is 3.00 bits per heavy atom. The summed E-state index contributed by atoms with van der Waals surface area (Å²) in [5.74, 6) is 0.535. The highest BCUT2D eigenvalue weighted by atomic mass is 79.9. The first kappa shape index (κ1) is 11.6. The van der Waals surface area contributed by atoms with Gasteiger partial charge in [0.15, 0.2) is 0 Å². The smallest absolute Gasteiger partial charge is 0.307 e. The fraction of sp³-hybridized carbons (Fsp3) is 0.100. The molecule has 0 fully saturated rings. The molecule has 0 aromatic carbocycles. The zero-order valence-electron chi connectivity index (χ0n) is 8.99. The third-order valence-electron chi connectivity index (χ3n) is 2.07. The normalized spacial score (nSPS) is 10.0. The molecule has 2 amide bonds. The van der Waals surface area contributed by atoms with E-state index in [1.807, 2.05) is 6.92 Å². The SMILES string of the molecule is Cc1cnc(Br)cc1NC(=O)Nc1ccn[nH]1. The molecule has 2 aromatic heterocycles. The summed E-state index contributed by atoms with van der Waals surface area (Å²) in [6.45, 7) is 1.87. The standard InChI is InChI=1S/C10H10BrN5O/c1-6-5-12-8(11)4-7(6)14-10(17)15-9-2-3-13-16-9/h2-5H,1H3,(H3,12,13,14,15,16,17). The molecule has 2 heterocycles. The van der Waals surface area contributed by atoms with Gasteiger partial charge in [-0.2, -0.15) is 5.10 Å². The highest BCUT2D eigenvalue weighted by Gasteiger charge is 2.06. The predicted molar refractivity (Wildman–Crippen MR) is 67.9 cm³/mol. The van der Waals surface area contributed by atoms with E-state index in [1.54, 1.807) is 24.5 Å². The van der Waals surface area contributed by atoms with E-state index in [0.717, 1.165) is 5.56 Å². The number of nitrogens with one attached hydrogen (secondary N) is 3. The summed E-state index contributed by atoms with van der Waals surface area (Å²) in [5, 5.41) is 11.7. The number of hydrogen-bond acceptors (Lipinski definition) is 3. The maximum atomic E-state index is 11.6. The van der Waals surface area contributed by atoms with Crippen LogP contribution in [0.2, 0.25) is 0 Å². The number of aryl methyl sites for hydroxylation is 1. The van der Waals surface area contributed by atoms with E-state index < -0.39 is 0 Å². The number of aromatic amines is 1. The zero-order chi connectivity index (χ0) is 12.3. The monoisotopic (exact) mass is 295 g/mol. The second-order valence-electron chi connectivity index (χ2n) is 3.37. The van der Waals surface area contributed by atoms with Crippen LogP contribution >= 0.6 is 15.9 Å². The predicted octanol–water partition coefficient (Wildman–Crippen LogP) is 2.52. The molecule has 17 heavy (non-hydrogen) atoms. The molecule has 0 radical (unpaired) electrons. The number of amides is 2. The average Bonchev–Trinajstić information content (AvgIpc) is 2.76. The molecule has 0 aliphatic rings. The molecule has 0 saturated heterocycles. The molecule has 0 aliphatic heterocycles. The Morgan fingerprint density at radius 2 is 2.29 bits per heavy atom. The molecule has 0 saturated carbocycles. The van der Waals surface area contributed by atoms with Crippen LogP contribution in [0.1, 0.15) is 5.56 Å². The van der Waals surface area contributed by atoms with Gasteiger partial charge in [0.2, 0.25) is 0 Å². The van der Waals surface area contributed by atoms with Crippen LogP contribution < -0.4 is 10.6 Å². The van der Waals surface area contributed by atoms with Crippen LogP contribution in [0, 0.1) is 6.92 Å². The van der Waals surface area contributed by atoms with Gasteiger partial charge >= 0.3 is 6.03 Å². The fourth-order valence-electron chi connectivity index (χ4n) is 1.23. The highest BCUT2D eigenvalue weighted by Crippen LogP contribution is 2.18. The van der Waals surface area contributed by atoms with E-state index in [0.29, 0.717) is 16.1 Å². The van der Waals surface area contributed by atoms with Crippen LogP contribution in [-0.4, -0.2) is 21.2 Å². The number of pyridine rings is 1. The van der Waals surface area contributed by atoms with Gasteiger partial charge in [-0.15, -0.1) is 0 Å². The number of anilines is 2. The van der Waals surface area contributed by atoms with Gasteiger partial charge in [0, 0.05) is 18.0 Å². The summed E-state index contributed by atoms with van der Waals surface area (Å²) in [6.07, 6.45) is 3.24. The number of urea groups is 1. The number of hydrogen-bond donors (Lipinski definition) is 3.